The van der Waals surface area contributed by atoms with E-state index in [4.69, 9.17) is 4.74 Å². The number of methoxy groups -OCH3 is 1. The maximum atomic E-state index is 5.33. The van der Waals surface area contributed by atoms with Gasteiger partial charge in [0.05, 0.1) is 7.11 Å². The lowest BCUT2D eigenvalue weighted by atomic mass is 10.1. The molecule has 1 aromatic carbocycles. The predicted molar refractivity (Wildman–Crippen MR) is 80.1 cm³/mol. The van der Waals surface area contributed by atoms with Crippen LogP contribution in [0.3, 0.4) is 0 Å². The molecule has 0 amide bonds. The van der Waals surface area contributed by atoms with Crippen molar-refractivity contribution in [3.05, 3.63) is 60.8 Å². The Balaban J connectivity index is 2.11. The van der Waals surface area contributed by atoms with Crippen LogP contribution in [0.25, 0.3) is 10.9 Å². The number of fused-ring (bicyclic) bond motifs is 1. The van der Waals surface area contributed by atoms with Gasteiger partial charge < -0.3 is 14.3 Å². The van der Waals surface area contributed by atoms with Crippen LogP contribution in [-0.2, 0) is 13.0 Å². The van der Waals surface area contributed by atoms with Crippen molar-refractivity contribution in [1.82, 2.24) is 14.5 Å². The van der Waals surface area contributed by atoms with Gasteiger partial charge in [-0.3, -0.25) is 0 Å². The predicted octanol–water partition coefficient (Wildman–Crippen LogP) is 3.15. The minimum atomic E-state index is 0.779. The molecule has 0 saturated carbocycles. The topological polar surface area (TPSA) is 42.8 Å². The van der Waals surface area contributed by atoms with Crippen molar-refractivity contribution in [3.8, 4) is 5.75 Å². The molecule has 0 radical (unpaired) electrons. The fourth-order valence-electron chi connectivity index (χ4n) is 2.48. The molecule has 4 heteroatoms. The van der Waals surface area contributed by atoms with Gasteiger partial charge in [0.2, 0.25) is 0 Å². The number of aromatic amines is 1. The Morgan fingerprint density at radius 1 is 1.45 bits per heavy atom. The van der Waals surface area contributed by atoms with Gasteiger partial charge in [0.1, 0.15) is 11.6 Å². The standard InChI is InChI=1S/C16H17N3O/c1-3-8-19-11-12(9-16-17-6-7-18-16)14-10-13(20-2)4-5-15(14)19/h3-7,10-11H,1,8-9H2,2H3,(H,17,18). The first kappa shape index (κ1) is 12.5. The van der Waals surface area contributed by atoms with Crippen LogP contribution in [0, 0.1) is 0 Å². The average Bonchev–Trinajstić information content (AvgIpc) is 3.09. The zero-order valence-corrected chi connectivity index (χ0v) is 11.5. The number of rotatable bonds is 5. The highest BCUT2D eigenvalue weighted by molar-refractivity contribution is 5.85. The first-order valence-corrected chi connectivity index (χ1v) is 6.56. The number of nitrogens with one attached hydrogen (secondary N) is 1. The molecule has 0 aliphatic heterocycles. The molecule has 102 valence electrons. The van der Waals surface area contributed by atoms with Gasteiger partial charge in [-0.1, -0.05) is 6.08 Å². The van der Waals surface area contributed by atoms with Gasteiger partial charge in [0.25, 0.3) is 0 Å². The van der Waals surface area contributed by atoms with E-state index in [0.29, 0.717) is 0 Å². The van der Waals surface area contributed by atoms with Gasteiger partial charge in [0.15, 0.2) is 0 Å². The molecule has 0 unspecified atom stereocenters. The number of nitrogens with zero attached hydrogens (tertiary/aromatic N) is 2. The normalized spacial score (nSPS) is 10.8. The summed E-state index contributed by atoms with van der Waals surface area (Å²) in [6.45, 7) is 4.61. The van der Waals surface area contributed by atoms with Gasteiger partial charge in [0, 0.05) is 42.5 Å². The van der Waals surface area contributed by atoms with E-state index in [1.54, 1.807) is 13.3 Å². The molecule has 3 rings (SSSR count). The summed E-state index contributed by atoms with van der Waals surface area (Å²) in [7, 11) is 1.69. The molecule has 1 N–H and O–H groups in total. The summed E-state index contributed by atoms with van der Waals surface area (Å²) in [5, 5.41) is 1.20. The second kappa shape index (κ2) is 5.25. The lowest BCUT2D eigenvalue weighted by Gasteiger charge is -2.03. The fraction of sp³-hybridized carbons (Fsp3) is 0.188. The minimum Gasteiger partial charge on any atom is -0.497 e. The van der Waals surface area contributed by atoms with Crippen LogP contribution < -0.4 is 4.74 Å². The van der Waals surface area contributed by atoms with Crippen molar-refractivity contribution in [1.29, 1.82) is 0 Å². The highest BCUT2D eigenvalue weighted by atomic mass is 16.5. The summed E-state index contributed by atoms with van der Waals surface area (Å²) in [4.78, 5) is 7.45. The third-order valence-electron chi connectivity index (χ3n) is 3.41. The Labute approximate surface area is 117 Å². The van der Waals surface area contributed by atoms with Gasteiger partial charge in [-0.05, 0) is 23.8 Å². The van der Waals surface area contributed by atoms with Gasteiger partial charge in [-0.15, -0.1) is 6.58 Å². The quantitative estimate of drug-likeness (QED) is 0.722. The van der Waals surface area contributed by atoms with Crippen molar-refractivity contribution in [2.45, 2.75) is 13.0 Å². The fourth-order valence-corrected chi connectivity index (χ4v) is 2.48. The summed E-state index contributed by atoms with van der Waals surface area (Å²) >= 11 is 0. The van der Waals surface area contributed by atoms with E-state index in [9.17, 15) is 0 Å². The highest BCUT2D eigenvalue weighted by Gasteiger charge is 2.10. The number of hydrogen-bond donors (Lipinski definition) is 1. The lowest BCUT2D eigenvalue weighted by Crippen LogP contribution is -1.92. The van der Waals surface area contributed by atoms with Crippen LogP contribution in [0.4, 0.5) is 0 Å². The van der Waals surface area contributed by atoms with Crippen molar-refractivity contribution in [2.24, 2.45) is 0 Å². The number of aromatic nitrogens is 3. The number of ether oxygens (including phenoxy) is 1. The van der Waals surface area contributed by atoms with E-state index in [1.807, 2.05) is 18.3 Å². The van der Waals surface area contributed by atoms with Crippen molar-refractivity contribution < 1.29 is 4.74 Å². The molecular formula is C16H17N3O. The number of imidazole rings is 1. The van der Waals surface area contributed by atoms with E-state index in [0.717, 1.165) is 24.5 Å². The molecule has 0 atom stereocenters. The summed E-state index contributed by atoms with van der Waals surface area (Å²) < 4.78 is 7.52. The summed E-state index contributed by atoms with van der Waals surface area (Å²) in [5.41, 5.74) is 2.42. The van der Waals surface area contributed by atoms with Crippen molar-refractivity contribution in [3.63, 3.8) is 0 Å². The summed E-state index contributed by atoms with van der Waals surface area (Å²) in [6.07, 6.45) is 8.47. The van der Waals surface area contributed by atoms with E-state index in [2.05, 4.69) is 39.4 Å². The maximum Gasteiger partial charge on any atom is 0.119 e. The molecular weight excluding hydrogens is 250 g/mol. The lowest BCUT2D eigenvalue weighted by molar-refractivity contribution is 0.415. The minimum absolute atomic E-state index is 0.779. The third kappa shape index (κ3) is 2.20. The zero-order chi connectivity index (χ0) is 13.9. The SMILES string of the molecule is C=CCn1cc(Cc2ncc[nH]2)c2cc(OC)ccc21. The number of hydrogen-bond acceptors (Lipinski definition) is 2. The number of allylic oxidation sites excluding steroid dienone is 1. The monoisotopic (exact) mass is 267 g/mol. The van der Waals surface area contributed by atoms with Crippen LogP contribution in [-0.4, -0.2) is 21.6 Å². The van der Waals surface area contributed by atoms with E-state index in [-0.39, 0.29) is 0 Å². The molecule has 20 heavy (non-hydrogen) atoms. The highest BCUT2D eigenvalue weighted by Crippen LogP contribution is 2.27. The Morgan fingerprint density at radius 2 is 2.35 bits per heavy atom. The third-order valence-corrected chi connectivity index (χ3v) is 3.41. The van der Waals surface area contributed by atoms with Crippen molar-refractivity contribution >= 4 is 10.9 Å². The first-order valence-electron chi connectivity index (χ1n) is 6.56. The second-order valence-corrected chi connectivity index (χ2v) is 4.69. The smallest absolute Gasteiger partial charge is 0.119 e. The number of benzene rings is 1. The molecule has 3 aromatic rings. The summed E-state index contributed by atoms with van der Waals surface area (Å²) in [5.74, 6) is 1.83. The molecule has 0 bridgehead atoms. The Kier molecular flexibility index (Phi) is 3.29. The number of H-pyrrole nitrogens is 1. The van der Waals surface area contributed by atoms with Gasteiger partial charge >= 0.3 is 0 Å². The van der Waals surface area contributed by atoms with Crippen LogP contribution in [0.2, 0.25) is 0 Å². The molecule has 2 heterocycles. The van der Waals surface area contributed by atoms with Gasteiger partial charge in [-0.2, -0.15) is 0 Å². The van der Waals surface area contributed by atoms with E-state index >= 15 is 0 Å². The molecule has 0 saturated heterocycles. The van der Waals surface area contributed by atoms with Crippen LogP contribution in [0.5, 0.6) is 5.75 Å². The largest absolute Gasteiger partial charge is 0.497 e. The molecule has 0 aliphatic rings. The Morgan fingerprint density at radius 3 is 3.05 bits per heavy atom. The second-order valence-electron chi connectivity index (χ2n) is 4.69. The molecule has 4 nitrogen and oxygen atoms in total. The Bertz CT molecular complexity index is 726. The molecule has 0 aliphatic carbocycles. The molecule has 2 aromatic heterocycles. The van der Waals surface area contributed by atoms with E-state index < -0.39 is 0 Å². The van der Waals surface area contributed by atoms with Gasteiger partial charge in [-0.25, -0.2) is 4.98 Å². The van der Waals surface area contributed by atoms with Crippen LogP contribution in [0.15, 0.2) is 49.4 Å². The maximum absolute atomic E-state index is 5.33. The zero-order valence-electron chi connectivity index (χ0n) is 11.5. The van der Waals surface area contributed by atoms with Crippen molar-refractivity contribution in [2.75, 3.05) is 7.11 Å². The van der Waals surface area contributed by atoms with E-state index in [1.165, 1.54) is 16.5 Å². The summed E-state index contributed by atoms with van der Waals surface area (Å²) in [6, 6.07) is 6.15. The van der Waals surface area contributed by atoms with Crippen LogP contribution >= 0.6 is 0 Å². The Hall–Kier alpha value is -2.49. The average molecular weight is 267 g/mol. The first-order chi connectivity index (χ1) is 9.81. The molecule has 0 spiro atoms. The molecule has 0 fully saturated rings. The van der Waals surface area contributed by atoms with Crippen LogP contribution in [0.1, 0.15) is 11.4 Å².